The molecule has 15 heteroatoms. The molecular formula is C8HF13O2. The number of rotatable bonds is 5. The summed E-state index contributed by atoms with van der Waals surface area (Å²) in [4.78, 5) is 9.75. The third-order valence-corrected chi connectivity index (χ3v) is 2.20. The molecule has 0 saturated heterocycles. The maximum Gasteiger partial charge on any atom is 0.460 e. The number of hydrogen-bond donors (Lipinski definition) is 1. The van der Waals surface area contributed by atoms with Crippen LogP contribution in [0.3, 0.4) is 0 Å². The average molecular weight is 376 g/mol. The van der Waals surface area contributed by atoms with Crippen LogP contribution in [-0.4, -0.2) is 40.9 Å². The second kappa shape index (κ2) is 5.43. The van der Waals surface area contributed by atoms with Crippen molar-refractivity contribution in [2.75, 3.05) is 0 Å². The van der Waals surface area contributed by atoms with Crippen LogP contribution < -0.4 is 0 Å². The molecule has 0 unspecified atom stereocenters. The van der Waals surface area contributed by atoms with Crippen molar-refractivity contribution in [1.29, 1.82) is 0 Å². The number of halogens is 13. The SMILES string of the molecule is O=C(O)C(F)=C(F)C(F)(F)C(F)(F)C(F)(F)C(F)(F)C(F)(F)F. The van der Waals surface area contributed by atoms with Crippen molar-refractivity contribution < 1.29 is 67.0 Å². The van der Waals surface area contributed by atoms with Crippen molar-refractivity contribution in [3.8, 4) is 0 Å². The molecule has 0 atom stereocenters. The fourth-order valence-electron chi connectivity index (χ4n) is 0.942. The Balaban J connectivity index is 6.37. The Bertz CT molecular complexity index is 515. The second-order valence-corrected chi connectivity index (χ2v) is 3.73. The Hall–Kier alpha value is -1.70. The summed E-state index contributed by atoms with van der Waals surface area (Å²) in [5.41, 5.74) is 0. The van der Waals surface area contributed by atoms with Crippen LogP contribution in [0.2, 0.25) is 0 Å². The van der Waals surface area contributed by atoms with Gasteiger partial charge < -0.3 is 5.11 Å². The van der Waals surface area contributed by atoms with Crippen LogP contribution in [0.4, 0.5) is 57.1 Å². The van der Waals surface area contributed by atoms with Gasteiger partial charge in [0.15, 0.2) is 0 Å². The predicted octanol–water partition coefficient (Wildman–Crippen LogP) is 4.33. The van der Waals surface area contributed by atoms with E-state index in [1.54, 1.807) is 0 Å². The minimum absolute atomic E-state index is 3.33. The Morgan fingerprint density at radius 1 is 0.652 bits per heavy atom. The van der Waals surface area contributed by atoms with Gasteiger partial charge in [-0.05, 0) is 0 Å². The molecule has 0 spiro atoms. The van der Waals surface area contributed by atoms with Gasteiger partial charge in [0.1, 0.15) is 0 Å². The summed E-state index contributed by atoms with van der Waals surface area (Å²) >= 11 is 0. The molecule has 0 aromatic carbocycles. The fraction of sp³-hybridized carbons (Fsp3) is 0.625. The van der Waals surface area contributed by atoms with Crippen LogP contribution in [0.25, 0.3) is 0 Å². The lowest BCUT2D eigenvalue weighted by atomic mass is 9.97. The molecule has 0 aliphatic carbocycles. The lowest BCUT2D eigenvalue weighted by Crippen LogP contribution is -2.66. The molecule has 0 fully saturated rings. The number of alkyl halides is 11. The minimum Gasteiger partial charge on any atom is -0.476 e. The first-order valence-electron chi connectivity index (χ1n) is 4.63. The zero-order valence-corrected chi connectivity index (χ0v) is 9.77. The van der Waals surface area contributed by atoms with Crippen LogP contribution >= 0.6 is 0 Å². The number of allylic oxidation sites excluding steroid dienone is 1. The van der Waals surface area contributed by atoms with Crippen molar-refractivity contribution in [3.63, 3.8) is 0 Å². The largest absolute Gasteiger partial charge is 0.476 e. The van der Waals surface area contributed by atoms with Gasteiger partial charge in [-0.3, -0.25) is 0 Å². The van der Waals surface area contributed by atoms with Gasteiger partial charge in [0.05, 0.1) is 0 Å². The number of carboxylic acid groups (broad SMARTS) is 1. The lowest BCUT2D eigenvalue weighted by Gasteiger charge is -2.36. The van der Waals surface area contributed by atoms with Crippen molar-refractivity contribution in [1.82, 2.24) is 0 Å². The normalized spacial score (nSPS) is 16.2. The highest BCUT2D eigenvalue weighted by molar-refractivity contribution is 5.84. The van der Waals surface area contributed by atoms with E-state index >= 15 is 0 Å². The molecular weight excluding hydrogens is 375 g/mol. The average Bonchev–Trinajstić information content (AvgIpc) is 2.34. The number of hydrogen-bond acceptors (Lipinski definition) is 1. The molecule has 0 saturated carbocycles. The molecule has 0 rings (SSSR count). The first-order chi connectivity index (χ1) is 9.76. The highest BCUT2D eigenvalue weighted by Gasteiger charge is 2.88. The third kappa shape index (κ3) is 2.91. The lowest BCUT2D eigenvalue weighted by molar-refractivity contribution is -0.419. The van der Waals surface area contributed by atoms with Crippen LogP contribution in [0.5, 0.6) is 0 Å². The van der Waals surface area contributed by atoms with Crippen LogP contribution in [-0.2, 0) is 4.79 Å². The second-order valence-electron chi connectivity index (χ2n) is 3.73. The smallest absolute Gasteiger partial charge is 0.460 e. The van der Waals surface area contributed by atoms with Crippen LogP contribution in [0.15, 0.2) is 11.7 Å². The summed E-state index contributed by atoms with van der Waals surface area (Å²) in [6.45, 7) is 0. The summed E-state index contributed by atoms with van der Waals surface area (Å²) in [7, 11) is 0. The van der Waals surface area contributed by atoms with E-state index in [-0.39, 0.29) is 0 Å². The summed E-state index contributed by atoms with van der Waals surface area (Å²) in [5, 5.41) is 7.71. The first kappa shape index (κ1) is 21.3. The zero-order chi connectivity index (χ0) is 19.2. The molecule has 1 N–H and O–H groups in total. The van der Waals surface area contributed by atoms with Gasteiger partial charge in [0.25, 0.3) is 0 Å². The minimum atomic E-state index is -7.96. The van der Waals surface area contributed by atoms with E-state index in [0.29, 0.717) is 0 Å². The standard InChI is InChI=1S/C8HF13O2/c9-1(3(22)23)2(10)4(11,12)5(13,14)6(15,16)7(17,18)8(19,20)21/h(H,22,23). The third-order valence-electron chi connectivity index (χ3n) is 2.20. The first-order valence-corrected chi connectivity index (χ1v) is 4.63. The maximum absolute atomic E-state index is 12.8. The molecule has 0 aromatic heterocycles. The molecule has 0 heterocycles. The number of aliphatic carboxylic acids is 1. The molecule has 2 nitrogen and oxygen atoms in total. The van der Waals surface area contributed by atoms with Crippen LogP contribution in [0, 0.1) is 0 Å². The Morgan fingerprint density at radius 3 is 1.26 bits per heavy atom. The van der Waals surface area contributed by atoms with Gasteiger partial charge in [-0.1, -0.05) is 0 Å². The van der Waals surface area contributed by atoms with E-state index in [1.807, 2.05) is 0 Å². The van der Waals surface area contributed by atoms with E-state index in [2.05, 4.69) is 0 Å². The summed E-state index contributed by atoms with van der Waals surface area (Å²) in [5.74, 6) is -42.5. The van der Waals surface area contributed by atoms with Gasteiger partial charge in [-0.15, -0.1) is 0 Å². The van der Waals surface area contributed by atoms with Gasteiger partial charge in [-0.25, -0.2) is 9.18 Å². The van der Waals surface area contributed by atoms with E-state index in [4.69, 9.17) is 5.11 Å². The summed E-state index contributed by atoms with van der Waals surface area (Å²) < 4.78 is 161. The van der Waals surface area contributed by atoms with Crippen molar-refractivity contribution in [3.05, 3.63) is 11.7 Å². The molecule has 23 heavy (non-hydrogen) atoms. The van der Waals surface area contributed by atoms with Gasteiger partial charge in [0.2, 0.25) is 11.7 Å². The van der Waals surface area contributed by atoms with E-state index in [0.717, 1.165) is 0 Å². The predicted molar refractivity (Wildman–Crippen MR) is 42.7 cm³/mol. The Kier molecular flexibility index (Phi) is 5.03. The van der Waals surface area contributed by atoms with Gasteiger partial charge in [0, 0.05) is 0 Å². The van der Waals surface area contributed by atoms with Crippen molar-refractivity contribution >= 4 is 5.97 Å². The Labute approximate surface area is 116 Å². The summed E-state index contributed by atoms with van der Waals surface area (Å²) in [6, 6.07) is 0. The highest BCUT2D eigenvalue weighted by atomic mass is 19.4. The Morgan fingerprint density at radius 2 is 1.00 bits per heavy atom. The molecule has 0 radical (unpaired) electrons. The highest BCUT2D eigenvalue weighted by Crippen LogP contribution is 2.59. The van der Waals surface area contributed by atoms with E-state index in [9.17, 15) is 61.9 Å². The number of carboxylic acids is 1. The molecule has 0 amide bonds. The molecule has 0 bridgehead atoms. The number of carbonyl (C=O) groups is 1. The zero-order valence-electron chi connectivity index (χ0n) is 9.77. The van der Waals surface area contributed by atoms with Crippen LogP contribution in [0.1, 0.15) is 0 Å². The van der Waals surface area contributed by atoms with E-state index in [1.165, 1.54) is 0 Å². The van der Waals surface area contributed by atoms with E-state index < -0.39 is 47.5 Å². The fourth-order valence-corrected chi connectivity index (χ4v) is 0.942. The van der Waals surface area contributed by atoms with Gasteiger partial charge >= 0.3 is 35.8 Å². The molecule has 0 aliphatic rings. The monoisotopic (exact) mass is 376 g/mol. The van der Waals surface area contributed by atoms with Gasteiger partial charge in [-0.2, -0.15) is 52.7 Å². The topological polar surface area (TPSA) is 37.3 Å². The molecule has 136 valence electrons. The van der Waals surface area contributed by atoms with Crippen molar-refractivity contribution in [2.24, 2.45) is 0 Å². The maximum atomic E-state index is 12.8. The summed E-state index contributed by atoms with van der Waals surface area (Å²) in [6.07, 6.45) is -7.47. The van der Waals surface area contributed by atoms with Crippen molar-refractivity contribution in [2.45, 2.75) is 29.9 Å². The molecule has 0 aliphatic heterocycles. The quantitative estimate of drug-likeness (QED) is 0.573. The molecule has 0 aromatic rings.